The van der Waals surface area contributed by atoms with Crippen LogP contribution in [-0.4, -0.2) is 12.3 Å². The summed E-state index contributed by atoms with van der Waals surface area (Å²) in [5.74, 6) is 0.0611. The van der Waals surface area contributed by atoms with Crippen molar-refractivity contribution in [1.29, 1.82) is 0 Å². The van der Waals surface area contributed by atoms with Gasteiger partial charge in [0, 0.05) is 11.5 Å². The topological polar surface area (TPSA) is 65.8 Å². The van der Waals surface area contributed by atoms with E-state index in [4.69, 9.17) is 5.53 Å². The number of nitrogens with zero attached hydrogens (tertiary/aromatic N) is 3. The van der Waals surface area contributed by atoms with Crippen LogP contribution in [0.2, 0.25) is 0 Å². The van der Waals surface area contributed by atoms with Crippen molar-refractivity contribution in [3.63, 3.8) is 0 Å². The highest BCUT2D eigenvalue weighted by Gasteiger charge is 1.92. The summed E-state index contributed by atoms with van der Waals surface area (Å²) in [5, 5.41) is 3.33. The molecule has 0 saturated carbocycles. The zero-order valence-corrected chi connectivity index (χ0v) is 6.74. The fraction of sp³-hybridized carbons (Fsp3) is 0.571. The van der Waals surface area contributed by atoms with Gasteiger partial charge in [-0.2, -0.15) is 0 Å². The minimum atomic E-state index is 0.0611. The molecule has 0 heterocycles. The molecule has 0 amide bonds. The van der Waals surface area contributed by atoms with Crippen molar-refractivity contribution in [2.75, 3.05) is 6.54 Å². The van der Waals surface area contributed by atoms with E-state index in [-0.39, 0.29) is 5.78 Å². The highest BCUT2D eigenvalue weighted by Crippen LogP contribution is 1.96. The summed E-state index contributed by atoms with van der Waals surface area (Å²) in [4.78, 5) is 13.2. The molecule has 0 rings (SSSR count). The highest BCUT2D eigenvalue weighted by molar-refractivity contribution is 5.92. The Hall–Kier alpha value is -1.28. The van der Waals surface area contributed by atoms with Crippen LogP contribution in [0.5, 0.6) is 0 Å². The van der Waals surface area contributed by atoms with Gasteiger partial charge in [0.25, 0.3) is 0 Å². The monoisotopic (exact) mass is 153 g/mol. The summed E-state index contributed by atoms with van der Waals surface area (Å²) in [6.45, 7) is 3.68. The van der Waals surface area contributed by atoms with E-state index in [9.17, 15) is 4.79 Å². The van der Waals surface area contributed by atoms with E-state index in [0.717, 1.165) is 5.57 Å². The quantitative estimate of drug-likeness (QED) is 0.201. The number of hydrogen-bond donors (Lipinski definition) is 0. The lowest BCUT2D eigenvalue weighted by molar-refractivity contribution is -0.113. The molecular formula is C7H11N3O. The molecule has 0 atom stereocenters. The van der Waals surface area contributed by atoms with Gasteiger partial charge < -0.3 is 0 Å². The number of ketones is 1. The zero-order chi connectivity index (χ0) is 8.69. The number of carbonyl (C=O) groups excluding carboxylic acids is 1. The van der Waals surface area contributed by atoms with Crippen LogP contribution in [0, 0.1) is 0 Å². The van der Waals surface area contributed by atoms with Crippen molar-refractivity contribution in [1.82, 2.24) is 0 Å². The Kier molecular flexibility index (Phi) is 4.86. The molecule has 0 bridgehead atoms. The lowest BCUT2D eigenvalue weighted by atomic mass is 10.2. The van der Waals surface area contributed by atoms with Gasteiger partial charge in [0.05, 0.1) is 0 Å². The maximum atomic E-state index is 10.6. The number of hydrogen-bond acceptors (Lipinski definition) is 2. The molecule has 0 aliphatic rings. The number of allylic oxidation sites excluding steroid dienone is 1. The van der Waals surface area contributed by atoms with Crippen molar-refractivity contribution in [2.24, 2.45) is 5.11 Å². The summed E-state index contributed by atoms with van der Waals surface area (Å²) in [6, 6.07) is 0. The maximum absolute atomic E-state index is 10.6. The lowest BCUT2D eigenvalue weighted by Gasteiger charge is -1.91. The average molecular weight is 153 g/mol. The third-order valence-electron chi connectivity index (χ3n) is 1.30. The Labute approximate surface area is 65.5 Å². The third kappa shape index (κ3) is 5.18. The Balaban J connectivity index is 3.73. The first-order valence-corrected chi connectivity index (χ1v) is 3.37. The molecule has 0 aromatic carbocycles. The second kappa shape index (κ2) is 5.50. The summed E-state index contributed by atoms with van der Waals surface area (Å²) in [5.41, 5.74) is 8.63. The van der Waals surface area contributed by atoms with Crippen molar-refractivity contribution in [2.45, 2.75) is 20.3 Å². The SMILES string of the molecule is CC(=O)/C(C)=C/CCN=[N+]=[N-]. The first kappa shape index (κ1) is 9.72. The number of carbonyl (C=O) groups is 1. The Bertz CT molecular complexity index is 214. The molecule has 4 heteroatoms. The van der Waals surface area contributed by atoms with Gasteiger partial charge in [0.1, 0.15) is 0 Å². The van der Waals surface area contributed by atoms with Crippen LogP contribution in [0.3, 0.4) is 0 Å². The van der Waals surface area contributed by atoms with Crippen molar-refractivity contribution in [3.05, 3.63) is 22.1 Å². The molecule has 0 aliphatic heterocycles. The van der Waals surface area contributed by atoms with Crippen LogP contribution in [-0.2, 0) is 4.79 Å². The van der Waals surface area contributed by atoms with Crippen molar-refractivity contribution >= 4 is 5.78 Å². The molecule has 0 aliphatic carbocycles. The van der Waals surface area contributed by atoms with E-state index >= 15 is 0 Å². The highest BCUT2D eigenvalue weighted by atomic mass is 16.1. The summed E-state index contributed by atoms with van der Waals surface area (Å²) >= 11 is 0. The van der Waals surface area contributed by atoms with Crippen LogP contribution < -0.4 is 0 Å². The summed E-state index contributed by atoms with van der Waals surface area (Å²) < 4.78 is 0. The minimum absolute atomic E-state index is 0.0611. The number of rotatable bonds is 4. The van der Waals surface area contributed by atoms with E-state index in [1.54, 1.807) is 13.0 Å². The molecular weight excluding hydrogens is 142 g/mol. The molecule has 0 aromatic heterocycles. The van der Waals surface area contributed by atoms with E-state index < -0.39 is 0 Å². The van der Waals surface area contributed by atoms with E-state index in [0.29, 0.717) is 13.0 Å². The smallest absolute Gasteiger partial charge is 0.155 e. The predicted molar refractivity (Wildman–Crippen MR) is 43.1 cm³/mol. The van der Waals surface area contributed by atoms with Crippen LogP contribution in [0.4, 0.5) is 0 Å². The second-order valence-electron chi connectivity index (χ2n) is 2.19. The standard InChI is InChI=1S/C7H11N3O/c1-6(7(2)11)4-3-5-9-10-8/h4H,3,5H2,1-2H3/b6-4+. The summed E-state index contributed by atoms with van der Waals surface area (Å²) in [6.07, 6.45) is 2.41. The Morgan fingerprint density at radius 3 is 2.73 bits per heavy atom. The van der Waals surface area contributed by atoms with Gasteiger partial charge in [0.2, 0.25) is 0 Å². The molecule has 60 valence electrons. The molecule has 0 saturated heterocycles. The maximum Gasteiger partial charge on any atom is 0.155 e. The zero-order valence-electron chi connectivity index (χ0n) is 6.74. The van der Waals surface area contributed by atoms with E-state index in [1.807, 2.05) is 0 Å². The van der Waals surface area contributed by atoms with Crippen molar-refractivity contribution in [3.8, 4) is 0 Å². The Morgan fingerprint density at radius 1 is 1.64 bits per heavy atom. The largest absolute Gasteiger partial charge is 0.295 e. The number of Topliss-reactive ketones (excluding diaryl/α,β-unsaturated/α-hetero) is 1. The van der Waals surface area contributed by atoms with Crippen LogP contribution in [0.25, 0.3) is 10.4 Å². The third-order valence-corrected chi connectivity index (χ3v) is 1.30. The van der Waals surface area contributed by atoms with Gasteiger partial charge in [-0.05, 0) is 31.4 Å². The fourth-order valence-electron chi connectivity index (χ4n) is 0.527. The van der Waals surface area contributed by atoms with Gasteiger partial charge in [-0.1, -0.05) is 11.2 Å². The molecule has 11 heavy (non-hydrogen) atoms. The molecule has 0 aromatic rings. The van der Waals surface area contributed by atoms with Gasteiger partial charge in [-0.3, -0.25) is 4.79 Å². The average Bonchev–Trinajstić information content (AvgIpc) is 1.97. The van der Waals surface area contributed by atoms with E-state index in [2.05, 4.69) is 10.0 Å². The molecule has 0 N–H and O–H groups in total. The Morgan fingerprint density at radius 2 is 2.27 bits per heavy atom. The van der Waals surface area contributed by atoms with Gasteiger partial charge >= 0.3 is 0 Å². The van der Waals surface area contributed by atoms with Gasteiger partial charge in [-0.25, -0.2) is 0 Å². The first-order chi connectivity index (χ1) is 5.18. The summed E-state index contributed by atoms with van der Waals surface area (Å²) in [7, 11) is 0. The lowest BCUT2D eigenvalue weighted by Crippen LogP contribution is -1.91. The fourth-order valence-corrected chi connectivity index (χ4v) is 0.527. The van der Waals surface area contributed by atoms with Crippen LogP contribution >= 0.6 is 0 Å². The molecule has 0 radical (unpaired) electrons. The van der Waals surface area contributed by atoms with Crippen LogP contribution in [0.15, 0.2) is 16.8 Å². The van der Waals surface area contributed by atoms with Crippen molar-refractivity contribution < 1.29 is 4.79 Å². The van der Waals surface area contributed by atoms with Gasteiger partial charge in [0.15, 0.2) is 5.78 Å². The molecule has 4 nitrogen and oxygen atoms in total. The van der Waals surface area contributed by atoms with E-state index in [1.165, 1.54) is 6.92 Å². The number of azide groups is 1. The first-order valence-electron chi connectivity index (χ1n) is 3.37. The predicted octanol–water partition coefficient (Wildman–Crippen LogP) is 2.22. The molecule has 0 spiro atoms. The molecule has 0 unspecified atom stereocenters. The minimum Gasteiger partial charge on any atom is -0.295 e. The second-order valence-corrected chi connectivity index (χ2v) is 2.19. The van der Waals surface area contributed by atoms with Gasteiger partial charge in [-0.15, -0.1) is 0 Å². The molecule has 0 fully saturated rings. The normalized spacial score (nSPS) is 10.5. The van der Waals surface area contributed by atoms with Crippen LogP contribution in [0.1, 0.15) is 20.3 Å².